The topological polar surface area (TPSA) is 50.2 Å². The van der Waals surface area contributed by atoms with Gasteiger partial charge in [-0.3, -0.25) is 4.79 Å². The van der Waals surface area contributed by atoms with Crippen LogP contribution in [0, 0.1) is 0 Å². The third kappa shape index (κ3) is 2.68. The van der Waals surface area contributed by atoms with Crippen LogP contribution in [0.2, 0.25) is 0 Å². The molecular weight excluding hydrogens is 290 g/mol. The number of nitrogens with zero attached hydrogens (tertiary/aromatic N) is 1. The first-order chi connectivity index (χ1) is 7.65. The molecule has 0 unspecified atom stereocenters. The molecule has 82 valence electrons. The molecule has 0 saturated heterocycles. The molecule has 2 aromatic rings. The van der Waals surface area contributed by atoms with Crippen molar-refractivity contribution < 1.29 is 9.90 Å². The fraction of sp³-hybridized carbons (Fsp3) is 0.0909. The molecule has 0 atom stereocenters. The number of carbonyl (C=O) groups is 1. The number of rotatable bonds is 3. The monoisotopic (exact) mass is 297 g/mol. The van der Waals surface area contributed by atoms with E-state index >= 15 is 0 Å². The molecule has 1 aromatic heterocycles. The molecule has 0 aliphatic carbocycles. The summed E-state index contributed by atoms with van der Waals surface area (Å²) < 4.78 is 0.984. The van der Waals surface area contributed by atoms with Gasteiger partial charge in [-0.2, -0.15) is 0 Å². The van der Waals surface area contributed by atoms with Crippen LogP contribution in [-0.2, 0) is 11.2 Å². The Bertz CT molecular complexity index is 524. The third-order valence-electron chi connectivity index (χ3n) is 1.97. The van der Waals surface area contributed by atoms with Crippen LogP contribution < -0.4 is 0 Å². The Labute approximate surface area is 105 Å². The SMILES string of the molecule is O=C(O)Cc1nc(-c2cccc(Br)c2)cs1. The second-order valence-corrected chi connectivity index (χ2v) is 5.07. The van der Waals surface area contributed by atoms with Gasteiger partial charge in [0.2, 0.25) is 0 Å². The van der Waals surface area contributed by atoms with Crippen LogP contribution in [-0.4, -0.2) is 16.1 Å². The summed E-state index contributed by atoms with van der Waals surface area (Å²) in [6.45, 7) is 0. The predicted octanol–water partition coefficient (Wildman–Crippen LogP) is 3.20. The predicted molar refractivity (Wildman–Crippen MR) is 66.6 cm³/mol. The van der Waals surface area contributed by atoms with Crippen molar-refractivity contribution in [2.75, 3.05) is 0 Å². The average molecular weight is 298 g/mol. The fourth-order valence-corrected chi connectivity index (χ4v) is 2.50. The zero-order valence-electron chi connectivity index (χ0n) is 8.18. The van der Waals surface area contributed by atoms with Gasteiger partial charge in [0.05, 0.1) is 12.1 Å². The Morgan fingerprint density at radius 2 is 2.31 bits per heavy atom. The number of thiazole rings is 1. The summed E-state index contributed by atoms with van der Waals surface area (Å²) in [5.74, 6) is -0.852. The lowest BCUT2D eigenvalue weighted by atomic mass is 10.2. The molecule has 0 aliphatic heterocycles. The van der Waals surface area contributed by atoms with Crippen LogP contribution in [0.4, 0.5) is 0 Å². The minimum Gasteiger partial charge on any atom is -0.481 e. The van der Waals surface area contributed by atoms with Crippen molar-refractivity contribution in [1.29, 1.82) is 0 Å². The first kappa shape index (κ1) is 11.3. The number of carboxylic acids is 1. The lowest BCUT2D eigenvalue weighted by Gasteiger charge is -1.96. The molecular formula is C11H8BrNO2S. The highest BCUT2D eigenvalue weighted by Gasteiger charge is 2.07. The van der Waals surface area contributed by atoms with E-state index in [-0.39, 0.29) is 6.42 Å². The summed E-state index contributed by atoms with van der Waals surface area (Å²) >= 11 is 4.76. The summed E-state index contributed by atoms with van der Waals surface area (Å²) in [6.07, 6.45) is -0.0152. The molecule has 5 heteroatoms. The Morgan fingerprint density at radius 1 is 1.50 bits per heavy atom. The van der Waals surface area contributed by atoms with Crippen LogP contribution in [0.3, 0.4) is 0 Å². The van der Waals surface area contributed by atoms with Gasteiger partial charge >= 0.3 is 5.97 Å². The van der Waals surface area contributed by atoms with Crippen molar-refractivity contribution in [1.82, 2.24) is 4.98 Å². The number of carboxylic acid groups (broad SMARTS) is 1. The van der Waals surface area contributed by atoms with Gasteiger partial charge in [-0.05, 0) is 12.1 Å². The minimum absolute atomic E-state index is 0.0152. The number of aliphatic carboxylic acids is 1. The van der Waals surface area contributed by atoms with E-state index in [4.69, 9.17) is 5.11 Å². The lowest BCUT2D eigenvalue weighted by Crippen LogP contribution is -1.99. The summed E-state index contributed by atoms with van der Waals surface area (Å²) in [5, 5.41) is 11.2. The second-order valence-electron chi connectivity index (χ2n) is 3.21. The quantitative estimate of drug-likeness (QED) is 0.946. The van der Waals surface area contributed by atoms with E-state index in [2.05, 4.69) is 20.9 Å². The Morgan fingerprint density at radius 3 is 3.00 bits per heavy atom. The van der Waals surface area contributed by atoms with E-state index in [1.54, 1.807) is 0 Å². The highest BCUT2D eigenvalue weighted by molar-refractivity contribution is 9.10. The number of benzene rings is 1. The standard InChI is InChI=1S/C11H8BrNO2S/c12-8-3-1-2-7(4-8)9-6-16-10(13-9)5-11(14)15/h1-4,6H,5H2,(H,14,15). The van der Waals surface area contributed by atoms with Gasteiger partial charge in [-0.1, -0.05) is 28.1 Å². The molecule has 2 rings (SSSR count). The van der Waals surface area contributed by atoms with Gasteiger partial charge in [-0.25, -0.2) is 4.98 Å². The molecule has 0 fully saturated rings. The lowest BCUT2D eigenvalue weighted by molar-refractivity contribution is -0.136. The molecule has 0 amide bonds. The van der Waals surface area contributed by atoms with Crippen molar-refractivity contribution in [2.45, 2.75) is 6.42 Å². The normalized spacial score (nSPS) is 10.3. The Balaban J connectivity index is 2.28. The summed E-state index contributed by atoms with van der Waals surface area (Å²) in [7, 11) is 0. The molecule has 0 aliphatic rings. The number of hydrogen-bond acceptors (Lipinski definition) is 3. The van der Waals surface area contributed by atoms with Crippen molar-refractivity contribution >= 4 is 33.2 Å². The smallest absolute Gasteiger partial charge is 0.310 e. The van der Waals surface area contributed by atoms with Gasteiger partial charge < -0.3 is 5.11 Å². The second kappa shape index (κ2) is 4.76. The van der Waals surface area contributed by atoms with Gasteiger partial charge in [-0.15, -0.1) is 11.3 Å². The van der Waals surface area contributed by atoms with E-state index in [9.17, 15) is 4.79 Å². The first-order valence-corrected chi connectivity index (χ1v) is 6.24. The van der Waals surface area contributed by atoms with Crippen LogP contribution in [0.1, 0.15) is 5.01 Å². The van der Waals surface area contributed by atoms with Crippen LogP contribution in [0.15, 0.2) is 34.1 Å². The molecule has 0 spiro atoms. The minimum atomic E-state index is -0.852. The zero-order chi connectivity index (χ0) is 11.5. The molecule has 16 heavy (non-hydrogen) atoms. The number of hydrogen-bond donors (Lipinski definition) is 1. The van der Waals surface area contributed by atoms with Crippen LogP contribution in [0.25, 0.3) is 11.3 Å². The fourth-order valence-electron chi connectivity index (χ4n) is 1.30. The first-order valence-electron chi connectivity index (χ1n) is 4.57. The molecule has 1 N–H and O–H groups in total. The molecule has 1 aromatic carbocycles. The molecule has 0 saturated carbocycles. The number of aromatic nitrogens is 1. The van der Waals surface area contributed by atoms with Gasteiger partial charge in [0.15, 0.2) is 0 Å². The van der Waals surface area contributed by atoms with Crippen molar-refractivity contribution in [3.8, 4) is 11.3 Å². The summed E-state index contributed by atoms with van der Waals surface area (Å²) in [6, 6.07) is 7.77. The van der Waals surface area contributed by atoms with Crippen molar-refractivity contribution in [2.24, 2.45) is 0 Å². The maximum absolute atomic E-state index is 10.5. The third-order valence-corrected chi connectivity index (χ3v) is 3.32. The van der Waals surface area contributed by atoms with Crippen LogP contribution in [0.5, 0.6) is 0 Å². The molecule has 1 heterocycles. The Hall–Kier alpha value is -1.20. The molecule has 0 bridgehead atoms. The maximum atomic E-state index is 10.5. The summed E-state index contributed by atoms with van der Waals surface area (Å²) in [4.78, 5) is 14.8. The zero-order valence-corrected chi connectivity index (χ0v) is 10.6. The van der Waals surface area contributed by atoms with E-state index in [0.29, 0.717) is 5.01 Å². The highest BCUT2D eigenvalue weighted by atomic mass is 79.9. The van der Waals surface area contributed by atoms with Crippen molar-refractivity contribution in [3.05, 3.63) is 39.1 Å². The van der Waals surface area contributed by atoms with Crippen LogP contribution >= 0.6 is 27.3 Å². The van der Waals surface area contributed by atoms with Crippen molar-refractivity contribution in [3.63, 3.8) is 0 Å². The van der Waals surface area contributed by atoms with E-state index in [0.717, 1.165) is 15.7 Å². The summed E-state index contributed by atoms with van der Waals surface area (Å²) in [5.41, 5.74) is 1.81. The molecule has 3 nitrogen and oxygen atoms in total. The van der Waals surface area contributed by atoms with Gasteiger partial charge in [0.1, 0.15) is 5.01 Å². The molecule has 0 radical (unpaired) electrons. The van der Waals surface area contributed by atoms with E-state index in [1.165, 1.54) is 11.3 Å². The van der Waals surface area contributed by atoms with Gasteiger partial charge in [0, 0.05) is 15.4 Å². The highest BCUT2D eigenvalue weighted by Crippen LogP contribution is 2.24. The number of halogens is 1. The Kier molecular flexibility index (Phi) is 3.36. The van der Waals surface area contributed by atoms with Gasteiger partial charge in [0.25, 0.3) is 0 Å². The van der Waals surface area contributed by atoms with E-state index in [1.807, 2.05) is 29.6 Å². The largest absolute Gasteiger partial charge is 0.481 e. The maximum Gasteiger partial charge on any atom is 0.310 e. The average Bonchev–Trinajstić information content (AvgIpc) is 2.65. The van der Waals surface area contributed by atoms with E-state index < -0.39 is 5.97 Å².